The normalized spacial score (nSPS) is 11.3. The summed E-state index contributed by atoms with van der Waals surface area (Å²) in [6.07, 6.45) is 0.993. The quantitative estimate of drug-likeness (QED) is 0.583. The number of hydrogen-bond donors (Lipinski definition) is 2. The molecule has 0 fully saturated rings. The van der Waals surface area contributed by atoms with E-state index < -0.39 is 32.7 Å². The Morgan fingerprint density at radius 3 is 2.70 bits per heavy atom. The lowest BCUT2D eigenvalue weighted by atomic mass is 10.3. The van der Waals surface area contributed by atoms with Crippen LogP contribution in [0.3, 0.4) is 0 Å². The summed E-state index contributed by atoms with van der Waals surface area (Å²) in [6, 6.07) is 1.43. The lowest BCUT2D eigenvalue weighted by molar-refractivity contribution is 0.0522. The Hall–Kier alpha value is -2.01. The van der Waals surface area contributed by atoms with Crippen LogP contribution in [0.5, 0.6) is 0 Å². The standard InChI is InChI=1S/C12H10BrF2N3O4S/c1-2-22-12(19)6-5-16-17-11(6)23(20,21)18-10-4-9(15)8(14)3-7(10)13/h3-5,18H,2H2,1H3,(H,16,17). The van der Waals surface area contributed by atoms with Gasteiger partial charge in [-0.1, -0.05) is 0 Å². The zero-order valence-electron chi connectivity index (χ0n) is 11.6. The Morgan fingerprint density at radius 1 is 1.39 bits per heavy atom. The first-order valence-corrected chi connectivity index (χ1v) is 8.41. The van der Waals surface area contributed by atoms with Crippen molar-refractivity contribution < 1.29 is 26.7 Å². The monoisotopic (exact) mass is 409 g/mol. The molecule has 1 heterocycles. The summed E-state index contributed by atoms with van der Waals surface area (Å²) >= 11 is 2.92. The summed E-state index contributed by atoms with van der Waals surface area (Å²) < 4.78 is 57.7. The number of ether oxygens (including phenoxy) is 1. The average molecular weight is 410 g/mol. The number of rotatable bonds is 5. The van der Waals surface area contributed by atoms with Crippen molar-refractivity contribution in [3.05, 3.63) is 40.0 Å². The zero-order valence-corrected chi connectivity index (χ0v) is 14.0. The molecule has 0 spiro atoms. The predicted molar refractivity (Wildman–Crippen MR) is 79.4 cm³/mol. The highest BCUT2D eigenvalue weighted by atomic mass is 79.9. The van der Waals surface area contributed by atoms with Crippen LogP contribution in [0, 0.1) is 11.6 Å². The molecule has 0 saturated heterocycles. The Bertz CT molecular complexity index is 854. The fourth-order valence-electron chi connectivity index (χ4n) is 1.63. The lowest BCUT2D eigenvalue weighted by Crippen LogP contribution is -2.18. The Labute approximate surface area is 138 Å². The number of benzene rings is 1. The van der Waals surface area contributed by atoms with Crippen LogP contribution in [0.2, 0.25) is 0 Å². The molecule has 0 unspecified atom stereocenters. The van der Waals surface area contributed by atoms with Gasteiger partial charge in [-0.25, -0.2) is 13.6 Å². The second-order valence-electron chi connectivity index (χ2n) is 4.18. The maximum absolute atomic E-state index is 13.3. The molecule has 0 saturated carbocycles. The predicted octanol–water partition coefficient (Wildman–Crippen LogP) is 2.43. The van der Waals surface area contributed by atoms with Crippen molar-refractivity contribution in [3.63, 3.8) is 0 Å². The molecule has 1 aromatic carbocycles. The van der Waals surface area contributed by atoms with Gasteiger partial charge in [0.05, 0.1) is 18.5 Å². The third-order valence-electron chi connectivity index (χ3n) is 2.62. The van der Waals surface area contributed by atoms with Crippen LogP contribution in [0.25, 0.3) is 0 Å². The van der Waals surface area contributed by atoms with Crippen LogP contribution >= 0.6 is 15.9 Å². The van der Waals surface area contributed by atoms with Gasteiger partial charge in [0.15, 0.2) is 16.7 Å². The molecule has 2 rings (SSSR count). The van der Waals surface area contributed by atoms with Gasteiger partial charge in [0.1, 0.15) is 5.56 Å². The largest absolute Gasteiger partial charge is 0.462 e. The Kier molecular flexibility index (Phi) is 5.00. The van der Waals surface area contributed by atoms with Crippen molar-refractivity contribution >= 4 is 37.6 Å². The molecule has 0 aliphatic heterocycles. The summed E-state index contributed by atoms with van der Waals surface area (Å²) in [5.41, 5.74) is -0.550. The van der Waals surface area contributed by atoms with E-state index in [1.165, 1.54) is 0 Å². The van der Waals surface area contributed by atoms with Crippen LogP contribution < -0.4 is 4.72 Å². The first kappa shape index (κ1) is 17.3. The number of carbonyl (C=O) groups excluding carboxylic acids is 1. The highest BCUT2D eigenvalue weighted by molar-refractivity contribution is 9.10. The average Bonchev–Trinajstić information content (AvgIpc) is 2.95. The van der Waals surface area contributed by atoms with Crippen molar-refractivity contribution in [2.75, 3.05) is 11.3 Å². The summed E-state index contributed by atoms with van der Waals surface area (Å²) in [6.45, 7) is 1.61. The van der Waals surface area contributed by atoms with Crippen LogP contribution in [0.1, 0.15) is 17.3 Å². The number of anilines is 1. The van der Waals surface area contributed by atoms with Crippen molar-refractivity contribution in [2.24, 2.45) is 0 Å². The Balaban J connectivity index is 2.39. The number of H-pyrrole nitrogens is 1. The van der Waals surface area contributed by atoms with Gasteiger partial charge in [0.2, 0.25) is 0 Å². The molecule has 1 aromatic heterocycles. The van der Waals surface area contributed by atoms with Gasteiger partial charge in [-0.15, -0.1) is 0 Å². The number of halogens is 3. The van der Waals surface area contributed by atoms with Gasteiger partial charge in [0, 0.05) is 10.5 Å². The highest BCUT2D eigenvalue weighted by Gasteiger charge is 2.27. The second kappa shape index (κ2) is 6.62. The molecular formula is C12H10BrF2N3O4S. The summed E-state index contributed by atoms with van der Waals surface area (Å²) in [5.74, 6) is -3.26. The molecule has 2 aromatic rings. The lowest BCUT2D eigenvalue weighted by Gasteiger charge is -2.10. The number of esters is 1. The van der Waals surface area contributed by atoms with E-state index in [-0.39, 0.29) is 22.3 Å². The first-order valence-electron chi connectivity index (χ1n) is 6.14. The number of sulfonamides is 1. The van der Waals surface area contributed by atoms with Crippen LogP contribution in [0.15, 0.2) is 27.8 Å². The maximum Gasteiger partial charge on any atom is 0.342 e. The number of nitrogens with one attached hydrogen (secondary N) is 2. The van der Waals surface area contributed by atoms with Crippen LogP contribution in [-0.4, -0.2) is 31.2 Å². The molecular weight excluding hydrogens is 400 g/mol. The SMILES string of the molecule is CCOC(=O)c1cn[nH]c1S(=O)(=O)Nc1cc(F)c(F)cc1Br. The topological polar surface area (TPSA) is 101 Å². The minimum atomic E-state index is -4.30. The van der Waals surface area contributed by atoms with Gasteiger partial charge in [-0.05, 0) is 28.9 Å². The maximum atomic E-state index is 13.3. The highest BCUT2D eigenvalue weighted by Crippen LogP contribution is 2.28. The van der Waals surface area contributed by atoms with Gasteiger partial charge < -0.3 is 4.74 Å². The zero-order chi connectivity index (χ0) is 17.2. The van der Waals surface area contributed by atoms with E-state index in [2.05, 4.69) is 26.1 Å². The van der Waals surface area contributed by atoms with E-state index >= 15 is 0 Å². The third-order valence-corrected chi connectivity index (χ3v) is 4.62. The van der Waals surface area contributed by atoms with E-state index in [4.69, 9.17) is 4.74 Å². The smallest absolute Gasteiger partial charge is 0.342 e. The van der Waals surface area contributed by atoms with Gasteiger partial charge in [-0.3, -0.25) is 9.82 Å². The van der Waals surface area contributed by atoms with Crippen molar-refractivity contribution in [1.82, 2.24) is 10.2 Å². The molecule has 0 atom stereocenters. The fourth-order valence-corrected chi connectivity index (χ4v) is 3.33. The number of hydrogen-bond acceptors (Lipinski definition) is 5. The van der Waals surface area contributed by atoms with Crippen LogP contribution in [-0.2, 0) is 14.8 Å². The van der Waals surface area contributed by atoms with E-state index in [1.807, 2.05) is 4.72 Å². The number of nitrogens with zero attached hydrogens (tertiary/aromatic N) is 1. The molecule has 124 valence electrons. The third kappa shape index (κ3) is 3.67. The first-order chi connectivity index (χ1) is 10.8. The molecule has 0 aliphatic rings. The molecule has 0 amide bonds. The number of aromatic nitrogens is 2. The summed E-state index contributed by atoms with van der Waals surface area (Å²) in [5, 5.41) is 5.11. The van der Waals surface area contributed by atoms with Crippen molar-refractivity contribution in [2.45, 2.75) is 11.9 Å². The summed E-state index contributed by atoms with van der Waals surface area (Å²) in [4.78, 5) is 11.7. The van der Waals surface area contributed by atoms with Crippen molar-refractivity contribution in [1.29, 1.82) is 0 Å². The molecule has 7 nitrogen and oxygen atoms in total. The molecule has 0 radical (unpaired) electrons. The van der Waals surface area contributed by atoms with Crippen molar-refractivity contribution in [3.8, 4) is 0 Å². The minimum absolute atomic E-state index is 0.0165. The number of aromatic amines is 1. The van der Waals surface area contributed by atoms with E-state index in [1.54, 1.807) is 6.92 Å². The molecule has 11 heteroatoms. The van der Waals surface area contributed by atoms with Gasteiger partial charge in [0.25, 0.3) is 10.0 Å². The van der Waals surface area contributed by atoms with E-state index in [0.717, 1.165) is 12.3 Å². The fraction of sp³-hybridized carbons (Fsp3) is 0.167. The molecule has 2 N–H and O–H groups in total. The van der Waals surface area contributed by atoms with Gasteiger partial charge in [-0.2, -0.15) is 13.5 Å². The summed E-state index contributed by atoms with van der Waals surface area (Å²) in [7, 11) is -4.30. The van der Waals surface area contributed by atoms with E-state index in [0.29, 0.717) is 6.07 Å². The molecule has 23 heavy (non-hydrogen) atoms. The molecule has 0 aliphatic carbocycles. The molecule has 0 bridgehead atoms. The number of carbonyl (C=O) groups is 1. The van der Waals surface area contributed by atoms with Gasteiger partial charge >= 0.3 is 5.97 Å². The minimum Gasteiger partial charge on any atom is -0.462 e. The Morgan fingerprint density at radius 2 is 2.04 bits per heavy atom. The van der Waals surface area contributed by atoms with E-state index in [9.17, 15) is 22.0 Å². The van der Waals surface area contributed by atoms with Crippen LogP contribution in [0.4, 0.5) is 14.5 Å². The second-order valence-corrected chi connectivity index (χ2v) is 6.66.